The second-order valence-corrected chi connectivity index (χ2v) is 6.09. The summed E-state index contributed by atoms with van der Waals surface area (Å²) in [7, 11) is 3.50. The van der Waals surface area contributed by atoms with Crippen molar-refractivity contribution in [3.8, 4) is 0 Å². The Bertz CT molecular complexity index is 784. The number of benzene rings is 1. The number of alkyl halides is 3. The molecular formula is C15H17F3N6OS. The van der Waals surface area contributed by atoms with E-state index in [1.54, 1.807) is 25.3 Å². The fourth-order valence-electron chi connectivity index (χ4n) is 1.85. The van der Waals surface area contributed by atoms with Crippen molar-refractivity contribution < 1.29 is 18.0 Å². The lowest BCUT2D eigenvalue weighted by atomic mass is 10.2. The van der Waals surface area contributed by atoms with Crippen LogP contribution in [0, 0.1) is 0 Å². The standard InChI is InChI=1S/C15H17F3N6OS/c1-24(2)13-21-12(22-14(23-13)26-3)20-11(25)8-19-10-6-4-5-9(7-10)15(16,17)18/h4-7,19H,8H2,1-3H3,(H,20,21,22,23,25). The molecule has 26 heavy (non-hydrogen) atoms. The lowest BCUT2D eigenvalue weighted by molar-refractivity contribution is -0.137. The normalized spacial score (nSPS) is 11.2. The van der Waals surface area contributed by atoms with E-state index in [2.05, 4.69) is 25.6 Å². The number of hydrogen-bond acceptors (Lipinski definition) is 7. The molecule has 0 fully saturated rings. The van der Waals surface area contributed by atoms with Crippen LogP contribution in [-0.4, -0.2) is 47.8 Å². The van der Waals surface area contributed by atoms with Gasteiger partial charge in [-0.2, -0.15) is 28.1 Å². The molecule has 0 saturated carbocycles. The summed E-state index contributed by atoms with van der Waals surface area (Å²) in [6, 6.07) is 4.61. The topological polar surface area (TPSA) is 83.0 Å². The molecule has 0 aliphatic carbocycles. The van der Waals surface area contributed by atoms with Gasteiger partial charge in [0.05, 0.1) is 12.1 Å². The van der Waals surface area contributed by atoms with Gasteiger partial charge >= 0.3 is 6.18 Å². The Morgan fingerprint density at radius 3 is 2.58 bits per heavy atom. The van der Waals surface area contributed by atoms with Crippen LogP contribution in [0.15, 0.2) is 29.4 Å². The summed E-state index contributed by atoms with van der Waals surface area (Å²) in [5.74, 6) is -0.0419. The Balaban J connectivity index is 2.02. The monoisotopic (exact) mass is 386 g/mol. The zero-order valence-electron chi connectivity index (χ0n) is 14.3. The molecule has 1 heterocycles. The van der Waals surface area contributed by atoms with Crippen LogP contribution in [0.1, 0.15) is 5.56 Å². The number of carbonyl (C=O) groups excluding carboxylic acids is 1. The minimum atomic E-state index is -4.44. The van der Waals surface area contributed by atoms with Gasteiger partial charge < -0.3 is 10.2 Å². The smallest absolute Gasteiger partial charge is 0.376 e. The highest BCUT2D eigenvalue weighted by Crippen LogP contribution is 2.30. The van der Waals surface area contributed by atoms with Crippen LogP contribution in [0.4, 0.5) is 30.8 Å². The maximum Gasteiger partial charge on any atom is 0.416 e. The molecular weight excluding hydrogens is 369 g/mol. The largest absolute Gasteiger partial charge is 0.416 e. The van der Waals surface area contributed by atoms with Gasteiger partial charge in [0.2, 0.25) is 17.8 Å². The molecule has 0 bridgehead atoms. The number of amides is 1. The quantitative estimate of drug-likeness (QED) is 0.739. The Morgan fingerprint density at radius 2 is 1.96 bits per heavy atom. The molecule has 2 rings (SSSR count). The van der Waals surface area contributed by atoms with E-state index in [0.717, 1.165) is 12.1 Å². The van der Waals surface area contributed by atoms with Crippen molar-refractivity contribution >= 4 is 35.3 Å². The minimum Gasteiger partial charge on any atom is -0.376 e. The first-order chi connectivity index (χ1) is 12.2. The van der Waals surface area contributed by atoms with Crippen molar-refractivity contribution in [2.24, 2.45) is 0 Å². The average Bonchev–Trinajstić information content (AvgIpc) is 2.59. The lowest BCUT2D eigenvalue weighted by Gasteiger charge is -2.13. The molecule has 1 aromatic carbocycles. The first kappa shape index (κ1) is 19.8. The zero-order chi connectivity index (χ0) is 19.3. The first-order valence-corrected chi connectivity index (χ1v) is 8.60. The van der Waals surface area contributed by atoms with Crippen molar-refractivity contribution in [2.45, 2.75) is 11.3 Å². The summed E-state index contributed by atoms with van der Waals surface area (Å²) in [5.41, 5.74) is -0.606. The molecule has 1 amide bonds. The third-order valence-corrected chi connectivity index (χ3v) is 3.63. The van der Waals surface area contributed by atoms with Crippen LogP contribution >= 0.6 is 11.8 Å². The van der Waals surface area contributed by atoms with E-state index in [9.17, 15) is 18.0 Å². The summed E-state index contributed by atoms with van der Waals surface area (Å²) in [5, 5.41) is 5.58. The van der Waals surface area contributed by atoms with E-state index in [1.165, 1.54) is 23.9 Å². The van der Waals surface area contributed by atoms with Crippen LogP contribution in [0.2, 0.25) is 0 Å². The minimum absolute atomic E-state index is 0.0730. The van der Waals surface area contributed by atoms with Gasteiger partial charge in [0, 0.05) is 19.8 Å². The van der Waals surface area contributed by atoms with Crippen LogP contribution in [0.5, 0.6) is 0 Å². The van der Waals surface area contributed by atoms with E-state index >= 15 is 0 Å². The number of carbonyl (C=O) groups is 1. The molecule has 7 nitrogen and oxygen atoms in total. The molecule has 0 saturated heterocycles. The Morgan fingerprint density at radius 1 is 1.23 bits per heavy atom. The Kier molecular flexibility index (Phi) is 6.24. The Labute approximate surface area is 152 Å². The van der Waals surface area contributed by atoms with Crippen molar-refractivity contribution in [3.63, 3.8) is 0 Å². The number of aromatic nitrogens is 3. The predicted octanol–water partition coefficient (Wildman–Crippen LogP) is 2.73. The third kappa shape index (κ3) is 5.48. The number of nitrogens with one attached hydrogen (secondary N) is 2. The summed E-state index contributed by atoms with van der Waals surface area (Å²) in [6.45, 7) is -0.237. The highest BCUT2D eigenvalue weighted by Gasteiger charge is 2.30. The maximum atomic E-state index is 12.7. The van der Waals surface area contributed by atoms with Crippen molar-refractivity contribution in [1.82, 2.24) is 15.0 Å². The fraction of sp³-hybridized carbons (Fsp3) is 0.333. The molecule has 0 aliphatic rings. The number of rotatable bonds is 6. The van der Waals surface area contributed by atoms with Crippen LogP contribution in [-0.2, 0) is 11.0 Å². The molecule has 11 heteroatoms. The summed E-state index contributed by atoms with van der Waals surface area (Å²) >= 11 is 1.29. The number of thioether (sulfide) groups is 1. The van der Waals surface area contributed by atoms with Gasteiger partial charge in [0.25, 0.3) is 0 Å². The van der Waals surface area contributed by atoms with Gasteiger partial charge in [0.1, 0.15) is 0 Å². The van der Waals surface area contributed by atoms with Crippen molar-refractivity contribution in [2.75, 3.05) is 42.4 Å². The van der Waals surface area contributed by atoms with Gasteiger partial charge in [-0.15, -0.1) is 0 Å². The molecule has 0 aliphatic heterocycles. The molecule has 0 radical (unpaired) electrons. The second kappa shape index (κ2) is 8.21. The zero-order valence-corrected chi connectivity index (χ0v) is 15.1. The SMILES string of the molecule is CSc1nc(NC(=O)CNc2cccc(C(F)(F)F)c2)nc(N(C)C)n1. The first-order valence-electron chi connectivity index (χ1n) is 7.37. The highest BCUT2D eigenvalue weighted by atomic mass is 32.2. The molecule has 140 valence electrons. The average molecular weight is 386 g/mol. The number of hydrogen-bond donors (Lipinski definition) is 2. The fourth-order valence-corrected chi connectivity index (χ4v) is 2.20. The molecule has 0 unspecified atom stereocenters. The van der Waals surface area contributed by atoms with Crippen LogP contribution < -0.4 is 15.5 Å². The van der Waals surface area contributed by atoms with E-state index in [1.807, 2.05) is 0 Å². The molecule has 2 aromatic rings. The summed E-state index contributed by atoms with van der Waals surface area (Å²) < 4.78 is 38.1. The van der Waals surface area contributed by atoms with Gasteiger partial charge in [-0.3, -0.25) is 10.1 Å². The number of anilines is 3. The van der Waals surface area contributed by atoms with E-state index < -0.39 is 17.6 Å². The Hall–Kier alpha value is -2.56. The third-order valence-electron chi connectivity index (χ3n) is 3.08. The van der Waals surface area contributed by atoms with E-state index in [0.29, 0.717) is 11.1 Å². The maximum absolute atomic E-state index is 12.7. The van der Waals surface area contributed by atoms with Crippen molar-refractivity contribution in [1.29, 1.82) is 0 Å². The number of nitrogens with zero attached hydrogens (tertiary/aromatic N) is 4. The highest BCUT2D eigenvalue weighted by molar-refractivity contribution is 7.98. The van der Waals surface area contributed by atoms with Gasteiger partial charge in [0.15, 0.2) is 5.16 Å². The molecule has 1 aromatic heterocycles. The molecule has 0 spiro atoms. The van der Waals surface area contributed by atoms with Crippen LogP contribution in [0.3, 0.4) is 0 Å². The van der Waals surface area contributed by atoms with Crippen LogP contribution in [0.25, 0.3) is 0 Å². The van der Waals surface area contributed by atoms with E-state index in [4.69, 9.17) is 0 Å². The van der Waals surface area contributed by atoms with Gasteiger partial charge in [-0.1, -0.05) is 17.8 Å². The lowest BCUT2D eigenvalue weighted by Crippen LogP contribution is -2.24. The molecule has 2 N–H and O–H groups in total. The second-order valence-electron chi connectivity index (χ2n) is 5.32. The number of halogens is 3. The van der Waals surface area contributed by atoms with Gasteiger partial charge in [-0.25, -0.2) is 0 Å². The van der Waals surface area contributed by atoms with E-state index in [-0.39, 0.29) is 18.2 Å². The summed E-state index contributed by atoms with van der Waals surface area (Å²) in [4.78, 5) is 26.1. The summed E-state index contributed by atoms with van der Waals surface area (Å²) in [6.07, 6.45) is -2.66. The van der Waals surface area contributed by atoms with Gasteiger partial charge in [-0.05, 0) is 24.5 Å². The predicted molar refractivity (Wildman–Crippen MR) is 94.5 cm³/mol. The van der Waals surface area contributed by atoms with Crippen molar-refractivity contribution in [3.05, 3.63) is 29.8 Å². The molecule has 0 atom stereocenters.